The molecule has 1 amide bonds. The molecule has 4 rings (SSSR count). The van der Waals surface area contributed by atoms with Crippen molar-refractivity contribution in [1.29, 1.82) is 0 Å². The van der Waals surface area contributed by atoms with Crippen molar-refractivity contribution in [1.82, 2.24) is 14.8 Å². The predicted molar refractivity (Wildman–Crippen MR) is 141 cm³/mol. The molecule has 0 atom stereocenters. The molecule has 9 heteroatoms. The molecule has 7 nitrogen and oxygen atoms in total. The van der Waals surface area contributed by atoms with Crippen LogP contribution in [-0.4, -0.2) is 34.0 Å². The van der Waals surface area contributed by atoms with Gasteiger partial charge in [0.15, 0.2) is 0 Å². The largest absolute Gasteiger partial charge is 0.496 e. The topological polar surface area (TPSA) is 96.5 Å². The summed E-state index contributed by atoms with van der Waals surface area (Å²) in [5.41, 5.74) is 1.94. The quantitative estimate of drug-likeness (QED) is 0.372. The molecule has 1 aliphatic rings. The second-order valence-corrected chi connectivity index (χ2v) is 10.9. The van der Waals surface area contributed by atoms with E-state index in [4.69, 9.17) is 4.74 Å². The van der Waals surface area contributed by atoms with Gasteiger partial charge in [-0.2, -0.15) is 17.9 Å². The number of nitrogens with one attached hydrogen (secondary N) is 3. The van der Waals surface area contributed by atoms with E-state index >= 15 is 0 Å². The van der Waals surface area contributed by atoms with Crippen molar-refractivity contribution in [2.45, 2.75) is 43.7 Å². The van der Waals surface area contributed by atoms with Crippen LogP contribution in [0.3, 0.4) is 0 Å². The van der Waals surface area contributed by atoms with E-state index < -0.39 is 10.2 Å². The van der Waals surface area contributed by atoms with Crippen LogP contribution in [0.2, 0.25) is 0 Å². The van der Waals surface area contributed by atoms with E-state index in [1.807, 2.05) is 24.3 Å². The first-order chi connectivity index (χ1) is 17.8. The van der Waals surface area contributed by atoms with E-state index in [0.29, 0.717) is 49.1 Å². The van der Waals surface area contributed by atoms with E-state index in [-0.39, 0.29) is 29.7 Å². The zero-order valence-corrected chi connectivity index (χ0v) is 21.6. The fourth-order valence-corrected chi connectivity index (χ4v) is 5.98. The summed E-state index contributed by atoms with van der Waals surface area (Å²) in [5, 5.41) is 3.09. The first kappa shape index (κ1) is 26.8. The molecule has 0 bridgehead atoms. The van der Waals surface area contributed by atoms with Crippen LogP contribution in [0.1, 0.15) is 47.2 Å². The van der Waals surface area contributed by atoms with Gasteiger partial charge in [-0.3, -0.25) is 4.79 Å². The number of rotatable bonds is 10. The number of hydrogen-bond acceptors (Lipinski definition) is 4. The monoisotopic (exact) mass is 525 g/mol. The highest BCUT2D eigenvalue weighted by Crippen LogP contribution is 2.39. The molecule has 196 valence electrons. The van der Waals surface area contributed by atoms with Crippen molar-refractivity contribution in [3.05, 3.63) is 101 Å². The minimum Gasteiger partial charge on any atom is -0.496 e. The highest BCUT2D eigenvalue weighted by molar-refractivity contribution is 7.87. The molecule has 1 saturated carbocycles. The Morgan fingerprint density at radius 1 is 0.973 bits per heavy atom. The average molecular weight is 526 g/mol. The number of methoxy groups -OCH3 is 1. The van der Waals surface area contributed by atoms with Gasteiger partial charge >= 0.3 is 0 Å². The smallest absolute Gasteiger partial charge is 0.277 e. The molecule has 0 saturated heterocycles. The number of para-hydroxylation sites is 1. The maximum Gasteiger partial charge on any atom is 0.277 e. The Bertz CT molecular complexity index is 1290. The van der Waals surface area contributed by atoms with Gasteiger partial charge in [0.05, 0.1) is 12.7 Å². The summed E-state index contributed by atoms with van der Waals surface area (Å²) in [4.78, 5) is 13.0. The van der Waals surface area contributed by atoms with Gasteiger partial charge in [-0.15, -0.1) is 0 Å². The lowest BCUT2D eigenvalue weighted by atomic mass is 9.68. The van der Waals surface area contributed by atoms with Gasteiger partial charge in [0.1, 0.15) is 11.6 Å². The third-order valence-corrected chi connectivity index (χ3v) is 8.14. The van der Waals surface area contributed by atoms with Crippen LogP contribution >= 0.6 is 0 Å². The molecule has 37 heavy (non-hydrogen) atoms. The summed E-state index contributed by atoms with van der Waals surface area (Å²) in [7, 11) is -2.20. The van der Waals surface area contributed by atoms with Crippen LogP contribution in [0.25, 0.3) is 0 Å². The molecule has 0 aromatic heterocycles. The van der Waals surface area contributed by atoms with Crippen molar-refractivity contribution in [3.63, 3.8) is 0 Å². The second-order valence-electron chi connectivity index (χ2n) is 9.37. The number of hydrogen-bond donors (Lipinski definition) is 3. The van der Waals surface area contributed by atoms with Gasteiger partial charge in [-0.1, -0.05) is 54.6 Å². The first-order valence-electron chi connectivity index (χ1n) is 12.3. The Kier molecular flexibility index (Phi) is 8.58. The van der Waals surface area contributed by atoms with Crippen molar-refractivity contribution >= 4 is 16.1 Å². The summed E-state index contributed by atoms with van der Waals surface area (Å²) in [6.07, 6.45) is 2.65. The van der Waals surface area contributed by atoms with E-state index in [1.165, 1.54) is 19.2 Å². The van der Waals surface area contributed by atoms with Crippen LogP contribution in [0, 0.1) is 5.82 Å². The van der Waals surface area contributed by atoms with Crippen LogP contribution in [0.5, 0.6) is 5.75 Å². The molecular formula is C28H32FN3O4S. The Labute approximate surface area is 217 Å². The number of carbonyl (C=O) groups is 1. The van der Waals surface area contributed by atoms with Crippen LogP contribution in [-0.2, 0) is 22.2 Å². The third kappa shape index (κ3) is 6.94. The normalized spacial score (nSPS) is 19.8. The number of halogens is 1. The van der Waals surface area contributed by atoms with Crippen molar-refractivity contribution in [2.75, 3.05) is 13.7 Å². The lowest BCUT2D eigenvalue weighted by Gasteiger charge is -2.41. The molecule has 3 N–H and O–H groups in total. The zero-order chi connectivity index (χ0) is 26.3. The molecule has 0 heterocycles. The predicted octanol–water partition coefficient (Wildman–Crippen LogP) is 4.07. The fraction of sp³-hybridized carbons (Fsp3) is 0.321. The molecule has 0 unspecified atom stereocenters. The molecule has 3 aromatic rings. The Balaban J connectivity index is 1.40. The summed E-state index contributed by atoms with van der Waals surface area (Å²) in [6, 6.07) is 22.6. The molecule has 0 radical (unpaired) electrons. The molecule has 0 aliphatic heterocycles. The Morgan fingerprint density at radius 2 is 1.62 bits per heavy atom. The molecule has 3 aromatic carbocycles. The number of ether oxygens (including phenoxy) is 1. The van der Waals surface area contributed by atoms with Crippen LogP contribution in [0.4, 0.5) is 4.39 Å². The molecular weight excluding hydrogens is 493 g/mol. The van der Waals surface area contributed by atoms with Crippen LogP contribution < -0.4 is 19.5 Å². The van der Waals surface area contributed by atoms with Crippen molar-refractivity contribution < 1.29 is 22.3 Å². The summed E-state index contributed by atoms with van der Waals surface area (Å²) < 4.78 is 49.0. The molecule has 0 spiro atoms. The van der Waals surface area contributed by atoms with Gasteiger partial charge in [0.25, 0.3) is 16.1 Å². The van der Waals surface area contributed by atoms with Gasteiger partial charge < -0.3 is 10.1 Å². The van der Waals surface area contributed by atoms with Crippen molar-refractivity contribution in [2.24, 2.45) is 0 Å². The number of carbonyl (C=O) groups excluding carboxylic acids is 1. The van der Waals surface area contributed by atoms with E-state index in [1.54, 1.807) is 30.3 Å². The fourth-order valence-electron chi connectivity index (χ4n) is 4.87. The minimum atomic E-state index is -3.74. The first-order valence-corrected chi connectivity index (χ1v) is 13.8. The summed E-state index contributed by atoms with van der Waals surface area (Å²) in [6.45, 7) is 0.501. The standard InChI is InChI=1S/C28H32FN3O4S/c1-36-26-10-6-5-9-25(26)27(33)30-20-28(22-7-3-2-4-8-22)17-15-24(16-18-28)32-37(34,35)31-19-21-11-13-23(29)14-12-21/h2-14,24,31-32H,15-20H2,1H3,(H,30,33)/t24-,28-. The average Bonchev–Trinajstić information content (AvgIpc) is 2.92. The molecule has 1 fully saturated rings. The third-order valence-electron chi connectivity index (χ3n) is 6.97. The van der Waals surface area contributed by atoms with Gasteiger partial charge in [-0.25, -0.2) is 4.39 Å². The van der Waals surface area contributed by atoms with Crippen molar-refractivity contribution in [3.8, 4) is 5.75 Å². The maximum atomic E-state index is 13.1. The van der Waals surface area contributed by atoms with E-state index in [9.17, 15) is 17.6 Å². The van der Waals surface area contributed by atoms with Gasteiger partial charge in [0, 0.05) is 24.5 Å². The highest BCUT2D eigenvalue weighted by atomic mass is 32.2. The second kappa shape index (κ2) is 11.9. The zero-order valence-electron chi connectivity index (χ0n) is 20.7. The maximum absolute atomic E-state index is 13.1. The minimum absolute atomic E-state index is 0.0747. The molecule has 1 aliphatic carbocycles. The Morgan fingerprint density at radius 3 is 2.30 bits per heavy atom. The lowest BCUT2D eigenvalue weighted by Crippen LogP contribution is -2.49. The number of amides is 1. The summed E-state index contributed by atoms with van der Waals surface area (Å²) >= 11 is 0. The van der Waals surface area contributed by atoms with Gasteiger partial charge in [-0.05, 0) is 61.1 Å². The summed E-state index contributed by atoms with van der Waals surface area (Å²) in [5.74, 6) is -0.0616. The SMILES string of the molecule is COc1ccccc1C(=O)NC[C@]1(c2ccccc2)CC[C@H](NS(=O)(=O)NCc2ccc(F)cc2)CC1. The lowest BCUT2D eigenvalue weighted by molar-refractivity contribution is 0.0932. The number of benzene rings is 3. The highest BCUT2D eigenvalue weighted by Gasteiger charge is 2.38. The van der Waals surface area contributed by atoms with E-state index in [0.717, 1.165) is 5.56 Å². The van der Waals surface area contributed by atoms with Crippen LogP contribution in [0.15, 0.2) is 78.9 Å². The van der Waals surface area contributed by atoms with Gasteiger partial charge in [0.2, 0.25) is 0 Å². The Hall–Kier alpha value is -3.27. The van der Waals surface area contributed by atoms with E-state index in [2.05, 4.69) is 26.9 Å².